The zero-order valence-electron chi connectivity index (χ0n) is 5.69. The van der Waals surface area contributed by atoms with E-state index in [9.17, 15) is 4.79 Å². The SMILES string of the molecule is COC(=O)C[C@@H](C)CBr. The minimum absolute atomic E-state index is 0.137. The van der Waals surface area contributed by atoms with Crippen molar-refractivity contribution in [2.45, 2.75) is 13.3 Å². The number of alkyl halides is 1. The van der Waals surface area contributed by atoms with E-state index in [1.165, 1.54) is 7.11 Å². The van der Waals surface area contributed by atoms with Crippen LogP contribution in [0.2, 0.25) is 0 Å². The monoisotopic (exact) mass is 194 g/mol. The van der Waals surface area contributed by atoms with Gasteiger partial charge in [0.15, 0.2) is 0 Å². The van der Waals surface area contributed by atoms with Crippen molar-refractivity contribution in [3.8, 4) is 0 Å². The Labute approximate surface area is 63.7 Å². The Morgan fingerprint density at radius 3 is 2.67 bits per heavy atom. The maximum atomic E-state index is 10.5. The van der Waals surface area contributed by atoms with Crippen LogP contribution in [0.4, 0.5) is 0 Å². The van der Waals surface area contributed by atoms with E-state index in [1.54, 1.807) is 0 Å². The highest BCUT2D eigenvalue weighted by Crippen LogP contribution is 2.05. The van der Waals surface area contributed by atoms with Crippen LogP contribution in [0.15, 0.2) is 0 Å². The molecule has 3 heteroatoms. The second-order valence-corrected chi connectivity index (χ2v) is 2.69. The highest BCUT2D eigenvalue weighted by molar-refractivity contribution is 9.09. The number of ether oxygens (including phenoxy) is 1. The molecular weight excluding hydrogens is 184 g/mol. The van der Waals surface area contributed by atoms with Crippen molar-refractivity contribution < 1.29 is 9.53 Å². The predicted molar refractivity (Wildman–Crippen MR) is 39.6 cm³/mol. The number of rotatable bonds is 3. The molecule has 0 aromatic heterocycles. The number of methoxy groups -OCH3 is 1. The van der Waals surface area contributed by atoms with Crippen molar-refractivity contribution in [3.05, 3.63) is 0 Å². The number of halogens is 1. The summed E-state index contributed by atoms with van der Waals surface area (Å²) >= 11 is 3.26. The fourth-order valence-electron chi connectivity index (χ4n) is 0.422. The molecule has 0 bridgehead atoms. The largest absolute Gasteiger partial charge is 0.469 e. The Hall–Kier alpha value is -0.0500. The number of hydrogen-bond acceptors (Lipinski definition) is 2. The minimum Gasteiger partial charge on any atom is -0.469 e. The van der Waals surface area contributed by atoms with Gasteiger partial charge in [-0.15, -0.1) is 0 Å². The lowest BCUT2D eigenvalue weighted by Crippen LogP contribution is -2.07. The van der Waals surface area contributed by atoms with Crippen molar-refractivity contribution in [2.24, 2.45) is 5.92 Å². The van der Waals surface area contributed by atoms with Crippen molar-refractivity contribution in [1.29, 1.82) is 0 Å². The first-order chi connectivity index (χ1) is 4.20. The summed E-state index contributed by atoms with van der Waals surface area (Å²) in [6, 6.07) is 0. The van der Waals surface area contributed by atoms with Gasteiger partial charge in [-0.2, -0.15) is 0 Å². The van der Waals surface area contributed by atoms with Gasteiger partial charge in [0.25, 0.3) is 0 Å². The number of carbonyl (C=O) groups is 1. The first kappa shape index (κ1) is 8.95. The molecule has 0 aromatic rings. The minimum atomic E-state index is -0.137. The summed E-state index contributed by atoms with van der Waals surface area (Å²) in [4.78, 5) is 10.5. The molecule has 0 aliphatic carbocycles. The van der Waals surface area contributed by atoms with Gasteiger partial charge in [-0.25, -0.2) is 0 Å². The molecule has 0 unspecified atom stereocenters. The summed E-state index contributed by atoms with van der Waals surface area (Å²) in [5, 5.41) is 0.849. The second kappa shape index (κ2) is 4.79. The highest BCUT2D eigenvalue weighted by atomic mass is 79.9. The second-order valence-electron chi connectivity index (χ2n) is 2.04. The maximum absolute atomic E-state index is 10.5. The van der Waals surface area contributed by atoms with Gasteiger partial charge in [0, 0.05) is 11.8 Å². The van der Waals surface area contributed by atoms with Crippen molar-refractivity contribution in [3.63, 3.8) is 0 Å². The molecule has 0 aromatic carbocycles. The third-order valence-corrected chi connectivity index (χ3v) is 2.11. The average molecular weight is 195 g/mol. The summed E-state index contributed by atoms with van der Waals surface area (Å²) in [7, 11) is 1.41. The smallest absolute Gasteiger partial charge is 0.305 e. The molecule has 2 nitrogen and oxygen atoms in total. The number of hydrogen-bond donors (Lipinski definition) is 0. The summed E-state index contributed by atoms with van der Waals surface area (Å²) < 4.78 is 4.46. The average Bonchev–Trinajstić information content (AvgIpc) is 1.87. The fourth-order valence-corrected chi connectivity index (χ4v) is 0.651. The molecule has 0 spiro atoms. The number of carbonyl (C=O) groups excluding carboxylic acids is 1. The molecule has 0 aliphatic rings. The molecule has 54 valence electrons. The lowest BCUT2D eigenvalue weighted by atomic mass is 10.1. The van der Waals surface area contributed by atoms with Gasteiger partial charge in [-0.05, 0) is 5.92 Å². The standard InChI is InChI=1S/C6H11BrO2/c1-5(4-7)3-6(8)9-2/h5H,3-4H2,1-2H3/t5-/m1/s1. The Balaban J connectivity index is 3.34. The highest BCUT2D eigenvalue weighted by Gasteiger charge is 2.06. The van der Waals surface area contributed by atoms with Crippen LogP contribution in [-0.2, 0) is 9.53 Å². The molecule has 0 amide bonds. The topological polar surface area (TPSA) is 26.3 Å². The van der Waals surface area contributed by atoms with E-state index in [0.29, 0.717) is 12.3 Å². The summed E-state index contributed by atoms with van der Waals surface area (Å²) in [6.07, 6.45) is 0.502. The van der Waals surface area contributed by atoms with E-state index in [2.05, 4.69) is 20.7 Å². The fraction of sp³-hybridized carbons (Fsp3) is 0.833. The molecule has 0 radical (unpaired) electrons. The first-order valence-electron chi connectivity index (χ1n) is 2.83. The Kier molecular flexibility index (Phi) is 4.77. The van der Waals surface area contributed by atoms with Crippen LogP contribution >= 0.6 is 15.9 Å². The molecule has 1 atom stereocenters. The van der Waals surface area contributed by atoms with Gasteiger partial charge in [0.1, 0.15) is 0 Å². The summed E-state index contributed by atoms with van der Waals surface area (Å²) in [5.41, 5.74) is 0. The molecule has 0 fully saturated rings. The first-order valence-corrected chi connectivity index (χ1v) is 3.95. The maximum Gasteiger partial charge on any atom is 0.305 e. The summed E-state index contributed by atoms with van der Waals surface area (Å²) in [5.74, 6) is 0.236. The van der Waals surface area contributed by atoms with E-state index in [-0.39, 0.29) is 5.97 Å². The molecule has 0 N–H and O–H groups in total. The molecular formula is C6H11BrO2. The van der Waals surface area contributed by atoms with Crippen molar-refractivity contribution in [2.75, 3.05) is 12.4 Å². The number of esters is 1. The van der Waals surface area contributed by atoms with Gasteiger partial charge in [0.05, 0.1) is 7.11 Å². The van der Waals surface area contributed by atoms with E-state index < -0.39 is 0 Å². The third kappa shape index (κ3) is 4.45. The van der Waals surface area contributed by atoms with Crippen LogP contribution in [0.3, 0.4) is 0 Å². The van der Waals surface area contributed by atoms with Crippen LogP contribution < -0.4 is 0 Å². The molecule has 0 saturated heterocycles. The van der Waals surface area contributed by atoms with Gasteiger partial charge in [-0.1, -0.05) is 22.9 Å². The lowest BCUT2D eigenvalue weighted by Gasteiger charge is -2.03. The predicted octanol–water partition coefficient (Wildman–Crippen LogP) is 1.58. The lowest BCUT2D eigenvalue weighted by molar-refractivity contribution is -0.141. The molecule has 0 saturated carbocycles. The third-order valence-electron chi connectivity index (χ3n) is 1.01. The van der Waals surface area contributed by atoms with Gasteiger partial charge < -0.3 is 4.74 Å². The Bertz CT molecular complexity index is 93.1. The quantitative estimate of drug-likeness (QED) is 0.504. The Morgan fingerprint density at radius 1 is 1.78 bits per heavy atom. The van der Waals surface area contributed by atoms with Crippen molar-refractivity contribution >= 4 is 21.9 Å². The van der Waals surface area contributed by atoms with Crippen LogP contribution in [-0.4, -0.2) is 18.4 Å². The van der Waals surface area contributed by atoms with Crippen LogP contribution in [0.5, 0.6) is 0 Å². The molecule has 0 heterocycles. The normalized spacial score (nSPS) is 12.8. The van der Waals surface area contributed by atoms with E-state index in [1.807, 2.05) is 6.92 Å². The van der Waals surface area contributed by atoms with Crippen molar-refractivity contribution in [1.82, 2.24) is 0 Å². The van der Waals surface area contributed by atoms with Crippen LogP contribution in [0.1, 0.15) is 13.3 Å². The van der Waals surface area contributed by atoms with E-state index in [4.69, 9.17) is 0 Å². The van der Waals surface area contributed by atoms with E-state index >= 15 is 0 Å². The van der Waals surface area contributed by atoms with Crippen LogP contribution in [0, 0.1) is 5.92 Å². The van der Waals surface area contributed by atoms with Gasteiger partial charge in [-0.3, -0.25) is 4.79 Å². The van der Waals surface area contributed by atoms with Crippen LogP contribution in [0.25, 0.3) is 0 Å². The van der Waals surface area contributed by atoms with E-state index in [0.717, 1.165) is 5.33 Å². The molecule has 0 rings (SSSR count). The van der Waals surface area contributed by atoms with Gasteiger partial charge in [0.2, 0.25) is 0 Å². The van der Waals surface area contributed by atoms with Gasteiger partial charge >= 0.3 is 5.97 Å². The zero-order valence-corrected chi connectivity index (χ0v) is 7.27. The zero-order chi connectivity index (χ0) is 7.28. The summed E-state index contributed by atoms with van der Waals surface area (Å²) in [6.45, 7) is 1.99. The Morgan fingerprint density at radius 2 is 2.33 bits per heavy atom. The molecule has 9 heavy (non-hydrogen) atoms. The molecule has 0 aliphatic heterocycles.